The quantitative estimate of drug-likeness (QED) is 0.656. The Kier molecular flexibility index (Phi) is 4.56. The molecule has 29 heavy (non-hydrogen) atoms. The molecule has 2 atom stereocenters. The predicted octanol–water partition coefficient (Wildman–Crippen LogP) is 4.02. The Morgan fingerprint density at radius 3 is 2.83 bits per heavy atom. The normalized spacial score (nSPS) is 22.2. The van der Waals surface area contributed by atoms with E-state index in [1.54, 1.807) is 4.31 Å². The molecule has 5 rings (SSSR count). The first-order valence-electron chi connectivity index (χ1n) is 10.2. The van der Waals surface area contributed by atoms with E-state index in [-0.39, 0.29) is 11.8 Å². The fraction of sp³-hybridized carbons (Fsp3) is 0.348. The van der Waals surface area contributed by atoms with Crippen molar-refractivity contribution in [1.82, 2.24) is 13.9 Å². The molecule has 0 unspecified atom stereocenters. The van der Waals surface area contributed by atoms with Crippen LogP contribution in [0.15, 0.2) is 54.9 Å². The Balaban J connectivity index is 1.48. The highest BCUT2D eigenvalue weighted by molar-refractivity contribution is 7.88. The highest BCUT2D eigenvalue weighted by Crippen LogP contribution is 2.35. The first-order valence-corrected chi connectivity index (χ1v) is 11.8. The highest BCUT2D eigenvalue weighted by atomic mass is 32.2. The molecule has 0 N–H and O–H groups in total. The van der Waals surface area contributed by atoms with Crippen LogP contribution in [0.4, 0.5) is 0 Å². The number of hydrogen-bond donors (Lipinski definition) is 0. The Hall–Kier alpha value is -2.44. The molecule has 150 valence electrons. The number of allylic oxidation sites excluding steroid dienone is 1. The van der Waals surface area contributed by atoms with Crippen molar-refractivity contribution in [1.29, 1.82) is 0 Å². The summed E-state index contributed by atoms with van der Waals surface area (Å²) in [4.78, 5) is 4.58. The Morgan fingerprint density at radius 1 is 1.17 bits per heavy atom. The number of hydrogen-bond acceptors (Lipinski definition) is 3. The van der Waals surface area contributed by atoms with Crippen molar-refractivity contribution in [3.63, 3.8) is 0 Å². The first-order chi connectivity index (χ1) is 14.0. The Morgan fingerprint density at radius 2 is 2.00 bits per heavy atom. The zero-order chi connectivity index (χ0) is 20.0. The van der Waals surface area contributed by atoms with E-state index in [9.17, 15) is 8.42 Å². The van der Waals surface area contributed by atoms with Crippen LogP contribution in [0.3, 0.4) is 0 Å². The van der Waals surface area contributed by atoms with Gasteiger partial charge in [0.2, 0.25) is 10.0 Å². The number of aromatic nitrogens is 2. The van der Waals surface area contributed by atoms with Gasteiger partial charge in [0.15, 0.2) is 0 Å². The smallest absolute Gasteiger partial charge is 0.218 e. The first kappa shape index (κ1) is 18.6. The summed E-state index contributed by atoms with van der Waals surface area (Å²) in [5, 5.41) is 1.12. The predicted molar refractivity (Wildman–Crippen MR) is 116 cm³/mol. The second kappa shape index (κ2) is 7.11. The molecule has 5 nitrogen and oxygen atoms in total. The standard InChI is InChI=1S/C23H25N3O2S/c1-17-10-12-25(29(27,28)16-18-6-3-2-4-7-18)15-22(17)26-13-11-19-14-24-21-9-5-8-20(21)23(19)26/h2-8,11,13-14,17,22H,9-10,12,15-16H2,1H3/t17-,22+/m1/s1. The summed E-state index contributed by atoms with van der Waals surface area (Å²) in [6.45, 7) is 3.33. The summed E-state index contributed by atoms with van der Waals surface area (Å²) < 4.78 is 30.2. The van der Waals surface area contributed by atoms with Gasteiger partial charge in [-0.2, -0.15) is 4.31 Å². The molecular formula is C23H25N3O2S. The van der Waals surface area contributed by atoms with Gasteiger partial charge in [0.1, 0.15) is 0 Å². The van der Waals surface area contributed by atoms with Gasteiger partial charge in [-0.25, -0.2) is 8.42 Å². The third-order valence-corrected chi connectivity index (χ3v) is 8.11. The van der Waals surface area contributed by atoms with Crippen LogP contribution in [0.2, 0.25) is 0 Å². The summed E-state index contributed by atoms with van der Waals surface area (Å²) >= 11 is 0. The van der Waals surface area contributed by atoms with E-state index in [1.165, 1.54) is 11.1 Å². The lowest BCUT2D eigenvalue weighted by Gasteiger charge is -2.37. The van der Waals surface area contributed by atoms with Crippen LogP contribution in [0.5, 0.6) is 0 Å². The summed E-state index contributed by atoms with van der Waals surface area (Å²) in [6.07, 6.45) is 10.1. The lowest BCUT2D eigenvalue weighted by molar-refractivity contribution is 0.204. The van der Waals surface area contributed by atoms with Gasteiger partial charge in [-0.1, -0.05) is 49.4 Å². The van der Waals surface area contributed by atoms with Crippen LogP contribution in [0.25, 0.3) is 17.0 Å². The number of rotatable bonds is 4. The molecule has 1 aromatic carbocycles. The largest absolute Gasteiger partial charge is 0.342 e. The molecule has 1 fully saturated rings. The fourth-order valence-electron chi connectivity index (χ4n) is 4.63. The van der Waals surface area contributed by atoms with Gasteiger partial charge >= 0.3 is 0 Å². The number of piperidine rings is 1. The summed E-state index contributed by atoms with van der Waals surface area (Å²) in [5.74, 6) is 0.464. The number of sulfonamides is 1. The molecule has 6 heteroatoms. The molecule has 0 bridgehead atoms. The molecule has 0 spiro atoms. The molecule has 0 amide bonds. The minimum Gasteiger partial charge on any atom is -0.342 e. The number of fused-ring (bicyclic) bond motifs is 3. The van der Waals surface area contributed by atoms with E-state index in [1.807, 2.05) is 36.5 Å². The van der Waals surface area contributed by atoms with Crippen molar-refractivity contribution in [2.24, 2.45) is 5.92 Å². The van der Waals surface area contributed by atoms with Gasteiger partial charge in [0.25, 0.3) is 0 Å². The second-order valence-electron chi connectivity index (χ2n) is 8.19. The maximum atomic E-state index is 13.1. The van der Waals surface area contributed by atoms with Crippen molar-refractivity contribution in [3.05, 3.63) is 71.7 Å². The van der Waals surface area contributed by atoms with Crippen LogP contribution in [0.1, 0.15) is 36.2 Å². The van der Waals surface area contributed by atoms with E-state index >= 15 is 0 Å². The Bertz CT molecular complexity index is 1180. The van der Waals surface area contributed by atoms with Crippen LogP contribution in [-0.2, 0) is 22.2 Å². The zero-order valence-electron chi connectivity index (χ0n) is 16.5. The topological polar surface area (TPSA) is 55.2 Å². The average molecular weight is 408 g/mol. The third-order valence-electron chi connectivity index (χ3n) is 6.29. The number of nitrogens with zero attached hydrogens (tertiary/aromatic N) is 3. The molecular weight excluding hydrogens is 382 g/mol. The van der Waals surface area contributed by atoms with Crippen LogP contribution in [-0.4, -0.2) is 35.4 Å². The molecule has 2 aromatic heterocycles. The van der Waals surface area contributed by atoms with Crippen LogP contribution >= 0.6 is 0 Å². The average Bonchev–Trinajstić information content (AvgIpc) is 3.35. The van der Waals surface area contributed by atoms with Crippen molar-refractivity contribution < 1.29 is 8.42 Å². The lowest BCUT2D eigenvalue weighted by atomic mass is 9.94. The van der Waals surface area contributed by atoms with E-state index in [4.69, 9.17) is 0 Å². The zero-order valence-corrected chi connectivity index (χ0v) is 17.3. The molecule has 3 aromatic rings. The maximum absolute atomic E-state index is 13.1. The minimum atomic E-state index is -3.35. The van der Waals surface area contributed by atoms with Crippen molar-refractivity contribution in [3.8, 4) is 0 Å². The van der Waals surface area contributed by atoms with Gasteiger partial charge in [-0.05, 0) is 24.0 Å². The van der Waals surface area contributed by atoms with Crippen molar-refractivity contribution in [2.75, 3.05) is 13.1 Å². The van der Waals surface area contributed by atoms with Crippen molar-refractivity contribution >= 4 is 27.0 Å². The summed E-state index contributed by atoms with van der Waals surface area (Å²) in [5.41, 5.74) is 4.31. The summed E-state index contributed by atoms with van der Waals surface area (Å²) in [7, 11) is -3.35. The van der Waals surface area contributed by atoms with Gasteiger partial charge in [0, 0.05) is 42.9 Å². The van der Waals surface area contributed by atoms with Crippen LogP contribution < -0.4 is 0 Å². The third kappa shape index (κ3) is 3.30. The van der Waals surface area contributed by atoms with Gasteiger partial charge in [-0.15, -0.1) is 0 Å². The van der Waals surface area contributed by atoms with Gasteiger partial charge in [0.05, 0.1) is 23.0 Å². The van der Waals surface area contributed by atoms with Crippen LogP contribution in [0, 0.1) is 5.92 Å². The molecule has 1 aliphatic carbocycles. The molecule has 0 saturated carbocycles. The number of pyridine rings is 1. The maximum Gasteiger partial charge on any atom is 0.218 e. The van der Waals surface area contributed by atoms with E-state index in [0.29, 0.717) is 19.0 Å². The van der Waals surface area contributed by atoms with Gasteiger partial charge < -0.3 is 4.57 Å². The SMILES string of the molecule is C[C@@H]1CCN(S(=O)(=O)Cc2ccccc2)C[C@@H]1n1ccc2cnc3c(c21)C=CC3. The van der Waals surface area contributed by atoms with E-state index in [0.717, 1.165) is 29.5 Å². The summed E-state index contributed by atoms with van der Waals surface area (Å²) in [6, 6.07) is 11.7. The molecule has 1 saturated heterocycles. The molecule has 3 heterocycles. The molecule has 2 aliphatic rings. The van der Waals surface area contributed by atoms with E-state index < -0.39 is 10.0 Å². The molecule has 0 radical (unpaired) electrons. The highest BCUT2D eigenvalue weighted by Gasteiger charge is 2.34. The molecule has 1 aliphatic heterocycles. The second-order valence-corrected chi connectivity index (χ2v) is 10.2. The van der Waals surface area contributed by atoms with Gasteiger partial charge in [-0.3, -0.25) is 4.98 Å². The monoisotopic (exact) mass is 407 g/mol. The number of benzene rings is 1. The fourth-order valence-corrected chi connectivity index (χ4v) is 6.19. The minimum absolute atomic E-state index is 0.0590. The van der Waals surface area contributed by atoms with E-state index in [2.05, 4.69) is 40.9 Å². The lowest BCUT2D eigenvalue weighted by Crippen LogP contribution is -2.44. The Labute approximate surface area is 171 Å². The van der Waals surface area contributed by atoms with Crippen molar-refractivity contribution in [2.45, 2.75) is 31.6 Å².